The summed E-state index contributed by atoms with van der Waals surface area (Å²) in [6.45, 7) is 3.23. The smallest absolute Gasteiger partial charge is 0.324 e. The number of fused-ring (bicyclic) bond motifs is 1. The molecule has 0 atom stereocenters. The minimum Gasteiger partial charge on any atom is -0.324 e. The number of nitrogens with zero attached hydrogens (tertiary/aromatic N) is 2. The van der Waals surface area contributed by atoms with Crippen molar-refractivity contribution in [3.63, 3.8) is 0 Å². The van der Waals surface area contributed by atoms with Crippen molar-refractivity contribution in [3.05, 3.63) is 90.6 Å². The van der Waals surface area contributed by atoms with Crippen LogP contribution in [0.4, 0.5) is 10.1 Å². The third-order valence-electron chi connectivity index (χ3n) is 5.04. The van der Waals surface area contributed by atoms with Crippen LogP contribution in [0.2, 0.25) is 5.02 Å². The average Bonchev–Trinajstić information content (AvgIpc) is 3.19. The van der Waals surface area contributed by atoms with Crippen LogP contribution in [-0.4, -0.2) is 15.0 Å². The van der Waals surface area contributed by atoms with Gasteiger partial charge in [0.1, 0.15) is 17.2 Å². The van der Waals surface area contributed by atoms with Gasteiger partial charge in [-0.05, 0) is 55.3 Å². The van der Waals surface area contributed by atoms with Gasteiger partial charge < -0.3 is 5.32 Å². The van der Waals surface area contributed by atoms with Gasteiger partial charge >= 0.3 is 5.69 Å². The molecule has 4 rings (SSSR count). The highest BCUT2D eigenvalue weighted by atomic mass is 35.5. The molecular formula is C23H19ClFN3O3S. The van der Waals surface area contributed by atoms with E-state index in [-0.39, 0.29) is 12.2 Å². The summed E-state index contributed by atoms with van der Waals surface area (Å²) < 4.78 is 16.1. The van der Waals surface area contributed by atoms with Crippen LogP contribution in [0.15, 0.2) is 58.1 Å². The molecule has 2 aromatic heterocycles. The Morgan fingerprint density at radius 3 is 2.62 bits per heavy atom. The molecule has 1 N–H and O–H groups in total. The van der Waals surface area contributed by atoms with Crippen LogP contribution in [-0.2, 0) is 17.8 Å². The zero-order chi connectivity index (χ0) is 23.0. The first kappa shape index (κ1) is 22.0. The highest BCUT2D eigenvalue weighted by Gasteiger charge is 2.19. The largest absolute Gasteiger partial charge is 0.337 e. The van der Waals surface area contributed by atoms with Crippen molar-refractivity contribution >= 4 is 44.7 Å². The first-order chi connectivity index (χ1) is 15.3. The van der Waals surface area contributed by atoms with E-state index in [4.69, 9.17) is 11.6 Å². The number of hydrogen-bond acceptors (Lipinski definition) is 4. The van der Waals surface area contributed by atoms with E-state index in [1.807, 2.05) is 6.92 Å². The first-order valence-corrected chi connectivity index (χ1v) is 11.1. The summed E-state index contributed by atoms with van der Waals surface area (Å²) in [5.74, 6) is -0.956. The van der Waals surface area contributed by atoms with Crippen molar-refractivity contribution in [2.24, 2.45) is 0 Å². The van der Waals surface area contributed by atoms with Crippen LogP contribution in [0, 0.1) is 12.7 Å². The number of thiophene rings is 1. The summed E-state index contributed by atoms with van der Waals surface area (Å²) in [4.78, 5) is 40.6. The molecule has 0 spiro atoms. The number of halogens is 2. The van der Waals surface area contributed by atoms with E-state index in [0.717, 1.165) is 9.44 Å². The van der Waals surface area contributed by atoms with Gasteiger partial charge in [0.15, 0.2) is 0 Å². The molecular weight excluding hydrogens is 453 g/mol. The molecule has 0 bridgehead atoms. The maximum absolute atomic E-state index is 13.8. The Morgan fingerprint density at radius 1 is 1.16 bits per heavy atom. The third kappa shape index (κ3) is 4.11. The molecule has 0 aliphatic heterocycles. The second-order valence-corrected chi connectivity index (χ2v) is 8.84. The summed E-state index contributed by atoms with van der Waals surface area (Å²) in [6, 6.07) is 12.5. The lowest BCUT2D eigenvalue weighted by Crippen LogP contribution is -2.40. The van der Waals surface area contributed by atoms with E-state index in [2.05, 4.69) is 5.32 Å². The Kier molecular flexibility index (Phi) is 5.99. The van der Waals surface area contributed by atoms with Gasteiger partial charge in [0.2, 0.25) is 5.91 Å². The fourth-order valence-electron chi connectivity index (χ4n) is 3.37. The van der Waals surface area contributed by atoms with E-state index in [0.29, 0.717) is 32.9 Å². The van der Waals surface area contributed by atoms with Gasteiger partial charge in [-0.2, -0.15) is 0 Å². The number of carbonyl (C=O) groups is 1. The monoisotopic (exact) mass is 471 g/mol. The zero-order valence-electron chi connectivity index (χ0n) is 17.3. The average molecular weight is 472 g/mol. The molecule has 0 aliphatic rings. The van der Waals surface area contributed by atoms with Gasteiger partial charge in [-0.15, -0.1) is 11.3 Å². The van der Waals surface area contributed by atoms with Crippen LogP contribution < -0.4 is 16.6 Å². The molecule has 0 fully saturated rings. The SMILES string of the molecule is CCc1cc2c(=O)n(-c3cccc(Cl)c3)c(=O)n(CC(=O)Nc3ccc(C)c(F)c3)c2s1. The van der Waals surface area contributed by atoms with E-state index in [9.17, 15) is 18.8 Å². The summed E-state index contributed by atoms with van der Waals surface area (Å²) >= 11 is 7.36. The van der Waals surface area contributed by atoms with Crippen molar-refractivity contribution in [2.45, 2.75) is 26.8 Å². The number of rotatable bonds is 5. The predicted octanol–water partition coefficient (Wildman–Crippen LogP) is 4.52. The lowest BCUT2D eigenvalue weighted by molar-refractivity contribution is -0.116. The quantitative estimate of drug-likeness (QED) is 0.465. The molecule has 0 aliphatic carbocycles. The Balaban J connectivity index is 1.83. The van der Waals surface area contributed by atoms with Gasteiger partial charge in [0.05, 0.1) is 11.1 Å². The summed E-state index contributed by atoms with van der Waals surface area (Å²) in [5.41, 5.74) is -0.0698. The van der Waals surface area contributed by atoms with E-state index in [1.165, 1.54) is 28.0 Å². The van der Waals surface area contributed by atoms with Crippen molar-refractivity contribution in [1.82, 2.24) is 9.13 Å². The van der Waals surface area contributed by atoms with Gasteiger partial charge in [0, 0.05) is 15.6 Å². The molecule has 164 valence electrons. The second kappa shape index (κ2) is 8.72. The molecule has 0 saturated carbocycles. The zero-order valence-corrected chi connectivity index (χ0v) is 18.9. The number of hydrogen-bond donors (Lipinski definition) is 1. The number of nitrogens with one attached hydrogen (secondary N) is 1. The van der Waals surface area contributed by atoms with E-state index in [1.54, 1.807) is 43.3 Å². The Morgan fingerprint density at radius 2 is 1.94 bits per heavy atom. The lowest BCUT2D eigenvalue weighted by atomic mass is 10.2. The highest BCUT2D eigenvalue weighted by molar-refractivity contribution is 7.18. The topological polar surface area (TPSA) is 73.1 Å². The van der Waals surface area contributed by atoms with E-state index < -0.39 is 23.0 Å². The molecule has 9 heteroatoms. The molecule has 1 amide bonds. The molecule has 6 nitrogen and oxygen atoms in total. The third-order valence-corrected chi connectivity index (χ3v) is 6.57. The molecule has 4 aromatic rings. The molecule has 0 saturated heterocycles. The van der Waals surface area contributed by atoms with Crippen molar-refractivity contribution in [2.75, 3.05) is 5.32 Å². The summed E-state index contributed by atoms with van der Waals surface area (Å²) in [5, 5.41) is 3.33. The lowest BCUT2D eigenvalue weighted by Gasteiger charge is -2.13. The van der Waals surface area contributed by atoms with Gasteiger partial charge in [-0.25, -0.2) is 13.8 Å². The maximum atomic E-state index is 13.8. The number of aryl methyl sites for hydroxylation is 2. The van der Waals surface area contributed by atoms with Gasteiger partial charge in [-0.3, -0.25) is 14.2 Å². The molecule has 0 unspecified atom stereocenters. The highest BCUT2D eigenvalue weighted by Crippen LogP contribution is 2.24. The maximum Gasteiger partial charge on any atom is 0.337 e. The fraction of sp³-hybridized carbons (Fsp3) is 0.174. The second-order valence-electron chi connectivity index (χ2n) is 7.29. The van der Waals surface area contributed by atoms with Crippen LogP contribution >= 0.6 is 22.9 Å². The summed E-state index contributed by atoms with van der Waals surface area (Å²) in [7, 11) is 0. The number of amides is 1. The molecule has 0 radical (unpaired) electrons. The minimum atomic E-state index is -0.653. The normalized spacial score (nSPS) is 11.1. The fourth-order valence-corrected chi connectivity index (χ4v) is 4.63. The number of aromatic nitrogens is 2. The molecule has 2 aromatic carbocycles. The van der Waals surface area contributed by atoms with Crippen LogP contribution in [0.3, 0.4) is 0 Å². The number of carbonyl (C=O) groups excluding carboxylic acids is 1. The van der Waals surface area contributed by atoms with Crippen molar-refractivity contribution in [1.29, 1.82) is 0 Å². The van der Waals surface area contributed by atoms with Gasteiger partial charge in [0.25, 0.3) is 5.56 Å². The van der Waals surface area contributed by atoms with Crippen molar-refractivity contribution in [3.8, 4) is 5.69 Å². The Hall–Kier alpha value is -3.23. The minimum absolute atomic E-state index is 0.283. The van der Waals surface area contributed by atoms with Crippen LogP contribution in [0.25, 0.3) is 15.9 Å². The molecule has 2 heterocycles. The summed E-state index contributed by atoms with van der Waals surface area (Å²) in [6.07, 6.45) is 0.680. The Bertz CT molecular complexity index is 1470. The standard InChI is InChI=1S/C23H19ClFN3O3S/c1-3-17-11-18-21(30)28(16-6-4-5-14(24)9-16)23(31)27(22(18)32-17)12-20(29)26-15-8-7-13(2)19(25)10-15/h4-11H,3,12H2,1-2H3,(H,26,29). The number of benzene rings is 2. The van der Waals surface area contributed by atoms with Crippen LogP contribution in [0.5, 0.6) is 0 Å². The van der Waals surface area contributed by atoms with Crippen molar-refractivity contribution < 1.29 is 9.18 Å². The van der Waals surface area contributed by atoms with Gasteiger partial charge in [-0.1, -0.05) is 30.7 Å². The number of anilines is 1. The molecule has 32 heavy (non-hydrogen) atoms. The Labute approximate surface area is 191 Å². The predicted molar refractivity (Wildman–Crippen MR) is 126 cm³/mol. The first-order valence-electron chi connectivity index (χ1n) is 9.88. The van der Waals surface area contributed by atoms with Crippen LogP contribution in [0.1, 0.15) is 17.4 Å². The van der Waals surface area contributed by atoms with E-state index >= 15 is 0 Å².